The molecule has 0 spiro atoms. The molecule has 2 rings (SSSR count). The van der Waals surface area contributed by atoms with Crippen LogP contribution >= 0.6 is 11.6 Å². The van der Waals surface area contributed by atoms with Crippen LogP contribution in [0, 0.1) is 11.7 Å². The normalized spacial score (nSPS) is 13.7. The molecule has 0 saturated carbocycles. The SMILES string of the molecule is CCC(C)C(C(=O)c1cc(F)ccc1Cl)c1ccccc1. The predicted octanol–water partition coefficient (Wildman–Crippen LogP) is 5.49. The van der Waals surface area contributed by atoms with Gasteiger partial charge in [0, 0.05) is 11.5 Å². The molecule has 0 bridgehead atoms. The highest BCUT2D eigenvalue weighted by molar-refractivity contribution is 6.34. The van der Waals surface area contributed by atoms with Gasteiger partial charge >= 0.3 is 0 Å². The van der Waals surface area contributed by atoms with Crippen molar-refractivity contribution in [3.05, 3.63) is 70.5 Å². The second-order valence-corrected chi connectivity index (χ2v) is 5.67. The number of carbonyl (C=O) groups excluding carboxylic acids is 1. The van der Waals surface area contributed by atoms with Crippen molar-refractivity contribution in [2.75, 3.05) is 0 Å². The van der Waals surface area contributed by atoms with Crippen LogP contribution in [-0.2, 0) is 0 Å². The summed E-state index contributed by atoms with van der Waals surface area (Å²) >= 11 is 6.08. The highest BCUT2D eigenvalue weighted by Crippen LogP contribution is 2.32. The van der Waals surface area contributed by atoms with Gasteiger partial charge in [-0.05, 0) is 29.7 Å². The molecule has 1 nitrogen and oxygen atoms in total. The molecule has 0 aliphatic carbocycles. The van der Waals surface area contributed by atoms with Crippen molar-refractivity contribution in [1.82, 2.24) is 0 Å². The van der Waals surface area contributed by atoms with E-state index < -0.39 is 5.82 Å². The maximum absolute atomic E-state index is 13.4. The van der Waals surface area contributed by atoms with Crippen molar-refractivity contribution < 1.29 is 9.18 Å². The van der Waals surface area contributed by atoms with Gasteiger partial charge in [-0.3, -0.25) is 4.79 Å². The number of hydrogen-bond donors (Lipinski definition) is 0. The topological polar surface area (TPSA) is 17.1 Å². The molecule has 2 aromatic carbocycles. The molecule has 3 heteroatoms. The van der Waals surface area contributed by atoms with Crippen LogP contribution in [0.5, 0.6) is 0 Å². The number of rotatable bonds is 5. The fourth-order valence-electron chi connectivity index (χ4n) is 2.49. The van der Waals surface area contributed by atoms with E-state index in [0.717, 1.165) is 12.0 Å². The molecule has 0 heterocycles. The third-order valence-electron chi connectivity index (χ3n) is 3.85. The molecule has 2 aromatic rings. The van der Waals surface area contributed by atoms with Crippen molar-refractivity contribution in [3.63, 3.8) is 0 Å². The third-order valence-corrected chi connectivity index (χ3v) is 4.18. The average molecular weight is 305 g/mol. The molecule has 0 saturated heterocycles. The van der Waals surface area contributed by atoms with Crippen LogP contribution in [0.1, 0.15) is 42.1 Å². The Balaban J connectivity index is 2.46. The van der Waals surface area contributed by atoms with E-state index in [1.165, 1.54) is 18.2 Å². The Bertz CT molecular complexity index is 624. The molecular weight excluding hydrogens is 287 g/mol. The molecule has 0 fully saturated rings. The number of carbonyl (C=O) groups is 1. The predicted molar refractivity (Wildman–Crippen MR) is 84.4 cm³/mol. The molecule has 21 heavy (non-hydrogen) atoms. The molecular formula is C18H18ClFO. The first-order valence-corrected chi connectivity index (χ1v) is 7.46. The van der Waals surface area contributed by atoms with Gasteiger partial charge in [0.1, 0.15) is 5.82 Å². The van der Waals surface area contributed by atoms with Crippen molar-refractivity contribution >= 4 is 17.4 Å². The first-order valence-electron chi connectivity index (χ1n) is 7.08. The molecule has 0 aliphatic rings. The molecule has 2 atom stereocenters. The van der Waals surface area contributed by atoms with E-state index in [0.29, 0.717) is 5.02 Å². The summed E-state index contributed by atoms with van der Waals surface area (Å²) < 4.78 is 13.4. The Morgan fingerprint density at radius 3 is 2.48 bits per heavy atom. The Labute approximate surface area is 129 Å². The van der Waals surface area contributed by atoms with Crippen LogP contribution in [0.3, 0.4) is 0 Å². The van der Waals surface area contributed by atoms with E-state index in [1.54, 1.807) is 0 Å². The summed E-state index contributed by atoms with van der Waals surface area (Å²) in [7, 11) is 0. The largest absolute Gasteiger partial charge is 0.293 e. The zero-order valence-electron chi connectivity index (χ0n) is 12.1. The van der Waals surface area contributed by atoms with Crippen LogP contribution in [0.4, 0.5) is 4.39 Å². The Morgan fingerprint density at radius 1 is 1.19 bits per heavy atom. The van der Waals surface area contributed by atoms with Gasteiger partial charge in [0.05, 0.1) is 5.02 Å². The smallest absolute Gasteiger partial charge is 0.172 e. The summed E-state index contributed by atoms with van der Waals surface area (Å²) in [5, 5.41) is 0.297. The minimum atomic E-state index is -0.446. The summed E-state index contributed by atoms with van der Waals surface area (Å²) in [6, 6.07) is 13.5. The Hall–Kier alpha value is -1.67. The standard InChI is InChI=1S/C18H18ClFO/c1-3-12(2)17(13-7-5-4-6-8-13)18(21)15-11-14(20)9-10-16(15)19/h4-12,17H,3H2,1-2H3. The molecule has 0 N–H and O–H groups in total. The van der Waals surface area contributed by atoms with Gasteiger partial charge in [0.2, 0.25) is 0 Å². The Morgan fingerprint density at radius 2 is 1.86 bits per heavy atom. The first kappa shape index (κ1) is 15.7. The molecule has 0 aliphatic heterocycles. The van der Waals surface area contributed by atoms with E-state index in [-0.39, 0.29) is 23.2 Å². The van der Waals surface area contributed by atoms with Crippen molar-refractivity contribution in [1.29, 1.82) is 0 Å². The zero-order chi connectivity index (χ0) is 15.4. The number of halogens is 2. The first-order chi connectivity index (χ1) is 10.0. The fraction of sp³-hybridized carbons (Fsp3) is 0.278. The van der Waals surface area contributed by atoms with Gasteiger partial charge in [-0.25, -0.2) is 4.39 Å². The highest BCUT2D eigenvalue weighted by atomic mass is 35.5. The maximum Gasteiger partial charge on any atom is 0.172 e. The van der Waals surface area contributed by atoms with Crippen LogP contribution in [0.25, 0.3) is 0 Å². The third kappa shape index (κ3) is 3.51. The second-order valence-electron chi connectivity index (χ2n) is 5.26. The fourth-order valence-corrected chi connectivity index (χ4v) is 2.70. The van der Waals surface area contributed by atoms with Crippen LogP contribution < -0.4 is 0 Å². The minimum Gasteiger partial charge on any atom is -0.293 e. The molecule has 0 aromatic heterocycles. The summed E-state index contributed by atoms with van der Waals surface area (Å²) in [4.78, 5) is 12.9. The zero-order valence-corrected chi connectivity index (χ0v) is 12.9. The molecule has 110 valence electrons. The summed E-state index contributed by atoms with van der Waals surface area (Å²) in [6.07, 6.45) is 0.859. The van der Waals surface area contributed by atoms with Crippen LogP contribution in [0.2, 0.25) is 5.02 Å². The van der Waals surface area contributed by atoms with Gasteiger partial charge in [-0.1, -0.05) is 62.2 Å². The van der Waals surface area contributed by atoms with Crippen molar-refractivity contribution in [2.45, 2.75) is 26.2 Å². The van der Waals surface area contributed by atoms with E-state index in [9.17, 15) is 9.18 Å². The number of ketones is 1. The number of Topliss-reactive ketones (excluding diaryl/α,β-unsaturated/α-hetero) is 1. The monoisotopic (exact) mass is 304 g/mol. The lowest BCUT2D eigenvalue weighted by molar-refractivity contribution is 0.0931. The van der Waals surface area contributed by atoms with Crippen LogP contribution in [-0.4, -0.2) is 5.78 Å². The summed E-state index contributed by atoms with van der Waals surface area (Å²) in [5.41, 5.74) is 1.20. The van der Waals surface area contributed by atoms with Gasteiger partial charge in [0.15, 0.2) is 5.78 Å². The van der Waals surface area contributed by atoms with E-state index in [1.807, 2.05) is 44.2 Å². The molecule has 0 amide bonds. The maximum atomic E-state index is 13.4. The quantitative estimate of drug-likeness (QED) is 0.667. The summed E-state index contributed by atoms with van der Waals surface area (Å²) in [5.74, 6) is -0.728. The van der Waals surface area contributed by atoms with Gasteiger partial charge < -0.3 is 0 Å². The highest BCUT2D eigenvalue weighted by Gasteiger charge is 2.28. The minimum absolute atomic E-state index is 0.125. The lowest BCUT2D eigenvalue weighted by Crippen LogP contribution is -2.20. The van der Waals surface area contributed by atoms with E-state index in [4.69, 9.17) is 11.6 Å². The van der Waals surface area contributed by atoms with Crippen LogP contribution in [0.15, 0.2) is 48.5 Å². The second kappa shape index (κ2) is 6.86. The van der Waals surface area contributed by atoms with Crippen molar-refractivity contribution in [3.8, 4) is 0 Å². The molecule has 0 radical (unpaired) electrons. The average Bonchev–Trinajstić information content (AvgIpc) is 2.50. The molecule has 2 unspecified atom stereocenters. The Kier molecular flexibility index (Phi) is 5.13. The summed E-state index contributed by atoms with van der Waals surface area (Å²) in [6.45, 7) is 4.07. The van der Waals surface area contributed by atoms with Gasteiger partial charge in [-0.2, -0.15) is 0 Å². The van der Waals surface area contributed by atoms with E-state index in [2.05, 4.69) is 0 Å². The van der Waals surface area contributed by atoms with Gasteiger partial charge in [0.25, 0.3) is 0 Å². The van der Waals surface area contributed by atoms with Crippen molar-refractivity contribution in [2.24, 2.45) is 5.92 Å². The lowest BCUT2D eigenvalue weighted by atomic mass is 9.80. The number of benzene rings is 2. The lowest BCUT2D eigenvalue weighted by Gasteiger charge is -2.23. The van der Waals surface area contributed by atoms with Gasteiger partial charge in [-0.15, -0.1) is 0 Å². The number of hydrogen-bond acceptors (Lipinski definition) is 1. The van der Waals surface area contributed by atoms with E-state index >= 15 is 0 Å².